The van der Waals surface area contributed by atoms with Gasteiger partial charge in [0.2, 0.25) is 0 Å². The van der Waals surface area contributed by atoms with Gasteiger partial charge in [-0.25, -0.2) is 0 Å². The molecule has 1 atom stereocenters. The third-order valence-electron chi connectivity index (χ3n) is 4.70. The smallest absolute Gasteiger partial charge is 0.299 e. The summed E-state index contributed by atoms with van der Waals surface area (Å²) in [5, 5.41) is 4.59. The average Bonchev–Trinajstić information content (AvgIpc) is 3.29. The molecule has 0 aliphatic carbocycles. The van der Waals surface area contributed by atoms with Crippen molar-refractivity contribution in [1.29, 1.82) is 0 Å². The number of carbonyl (C=O) groups excluding carboxylic acids is 1. The summed E-state index contributed by atoms with van der Waals surface area (Å²) in [6.07, 6.45) is 2.55. The first-order chi connectivity index (χ1) is 14.9. The van der Waals surface area contributed by atoms with Gasteiger partial charge in [0, 0.05) is 29.4 Å². The molecule has 9 nitrogen and oxygen atoms in total. The lowest BCUT2D eigenvalue weighted by molar-refractivity contribution is -0.125. The van der Waals surface area contributed by atoms with Gasteiger partial charge in [-0.05, 0) is 23.6 Å². The highest BCUT2D eigenvalue weighted by Crippen LogP contribution is 2.35. The molecule has 1 unspecified atom stereocenters. The molecule has 0 fully saturated rings. The van der Waals surface area contributed by atoms with E-state index in [-0.39, 0.29) is 11.6 Å². The number of benzene rings is 1. The first kappa shape index (κ1) is 22.4. The van der Waals surface area contributed by atoms with Gasteiger partial charge < -0.3 is 23.6 Å². The van der Waals surface area contributed by atoms with E-state index in [1.54, 1.807) is 21.7 Å². The number of ether oxygens (including phenoxy) is 2. The maximum Gasteiger partial charge on any atom is 0.299 e. The van der Waals surface area contributed by atoms with Crippen LogP contribution in [-0.2, 0) is 35.7 Å². The van der Waals surface area contributed by atoms with Crippen LogP contribution in [0.25, 0.3) is 5.70 Å². The van der Waals surface area contributed by atoms with Gasteiger partial charge in [0.1, 0.15) is 11.5 Å². The van der Waals surface area contributed by atoms with Gasteiger partial charge in [0.25, 0.3) is 5.91 Å². The molecule has 1 aromatic heterocycles. The highest BCUT2D eigenvalue weighted by atomic mass is 32.2. The summed E-state index contributed by atoms with van der Waals surface area (Å²) >= 11 is -2.52. The van der Waals surface area contributed by atoms with Crippen molar-refractivity contribution in [3.05, 3.63) is 47.3 Å². The van der Waals surface area contributed by atoms with Gasteiger partial charge in [-0.2, -0.15) is 5.10 Å². The van der Waals surface area contributed by atoms with Crippen molar-refractivity contribution in [2.75, 3.05) is 14.2 Å². The van der Waals surface area contributed by atoms with Gasteiger partial charge in [0.15, 0.2) is 0 Å². The van der Waals surface area contributed by atoms with Gasteiger partial charge in [-0.3, -0.25) is 13.7 Å². The molecule has 0 spiro atoms. The molecule has 10 heteroatoms. The summed E-state index contributed by atoms with van der Waals surface area (Å²) in [5.74, 6) is 6.07. The molecule has 1 amide bonds. The van der Waals surface area contributed by atoms with Crippen LogP contribution in [0.1, 0.15) is 35.7 Å². The van der Waals surface area contributed by atoms with Crippen molar-refractivity contribution in [2.24, 2.45) is 0 Å². The third-order valence-corrected chi connectivity index (χ3v) is 5.12. The molecule has 0 bridgehead atoms. The van der Waals surface area contributed by atoms with Crippen molar-refractivity contribution in [3.8, 4) is 23.3 Å². The lowest BCUT2D eigenvalue weighted by atomic mass is 10.1. The average molecular weight is 444 g/mol. The number of carbonyl (C=O) groups is 1. The summed E-state index contributed by atoms with van der Waals surface area (Å²) < 4.78 is 36.8. The third kappa shape index (κ3) is 5.07. The number of nitrogens with zero attached hydrogens (tertiary/aromatic N) is 3. The number of aromatic nitrogens is 2. The second-order valence-electron chi connectivity index (χ2n) is 6.81. The Morgan fingerprint density at radius 2 is 2.00 bits per heavy atom. The zero-order valence-corrected chi connectivity index (χ0v) is 18.4. The molecule has 3 rings (SSSR count). The maximum atomic E-state index is 12.1. The number of hydrogen-bond donors (Lipinski definition) is 1. The van der Waals surface area contributed by atoms with Crippen LogP contribution in [0.3, 0.4) is 0 Å². The van der Waals surface area contributed by atoms with Crippen molar-refractivity contribution in [3.63, 3.8) is 0 Å². The van der Waals surface area contributed by atoms with Crippen LogP contribution >= 0.6 is 0 Å². The van der Waals surface area contributed by atoms with Crippen LogP contribution in [0.2, 0.25) is 0 Å². The minimum Gasteiger partial charge on any atom is -0.755 e. The summed E-state index contributed by atoms with van der Waals surface area (Å²) in [7, 11) is 2.97. The molecule has 1 aliphatic rings. The Hall–Kier alpha value is -3.29. The number of fused-ring (bicyclic) bond motifs is 1. The van der Waals surface area contributed by atoms with Crippen LogP contribution in [-0.4, -0.2) is 43.6 Å². The largest absolute Gasteiger partial charge is 0.755 e. The number of nitrogens with one attached hydrogen (secondary N) is 1. The quantitative estimate of drug-likeness (QED) is 0.514. The Bertz CT molecular complexity index is 1050. The second kappa shape index (κ2) is 9.68. The van der Waals surface area contributed by atoms with E-state index in [2.05, 4.69) is 28.2 Å². The molecule has 0 saturated heterocycles. The predicted octanol–water partition coefficient (Wildman–Crippen LogP) is 1.56. The SMILES string of the molecule is C=C(NS(=O)[O-])c1c(OC)cc(Cn2cc3c(n2)CN(C(=O)C#CCC)C3)cc1OC. The van der Waals surface area contributed by atoms with Crippen LogP contribution < -0.4 is 14.2 Å². The number of hydrogen-bond acceptors (Lipinski definition) is 6. The van der Waals surface area contributed by atoms with E-state index < -0.39 is 11.3 Å². The summed E-state index contributed by atoms with van der Waals surface area (Å²) in [5.41, 5.74) is 3.23. The highest BCUT2D eigenvalue weighted by Gasteiger charge is 2.25. The minimum absolute atomic E-state index is 0.141. The summed E-state index contributed by atoms with van der Waals surface area (Å²) in [4.78, 5) is 13.8. The molecule has 31 heavy (non-hydrogen) atoms. The highest BCUT2D eigenvalue weighted by molar-refractivity contribution is 7.77. The van der Waals surface area contributed by atoms with E-state index in [4.69, 9.17) is 9.47 Å². The van der Waals surface area contributed by atoms with Gasteiger partial charge in [0.05, 0.1) is 50.8 Å². The van der Waals surface area contributed by atoms with Gasteiger partial charge >= 0.3 is 0 Å². The van der Waals surface area contributed by atoms with E-state index in [1.165, 1.54) is 14.2 Å². The fraction of sp³-hybridized carbons (Fsp3) is 0.333. The summed E-state index contributed by atoms with van der Waals surface area (Å²) in [6, 6.07) is 3.56. The number of amides is 1. The van der Waals surface area contributed by atoms with Crippen LogP contribution in [0.5, 0.6) is 11.5 Å². The topological polar surface area (TPSA) is 109 Å². The van der Waals surface area contributed by atoms with Crippen LogP contribution in [0.4, 0.5) is 0 Å². The van der Waals surface area contributed by atoms with Crippen LogP contribution in [0, 0.1) is 11.8 Å². The molecule has 2 heterocycles. The molecule has 164 valence electrons. The zero-order chi connectivity index (χ0) is 22.5. The first-order valence-corrected chi connectivity index (χ1v) is 10.6. The first-order valence-electron chi connectivity index (χ1n) is 9.49. The lowest BCUT2D eigenvalue weighted by Gasteiger charge is -2.19. The molecule has 1 N–H and O–H groups in total. The molecular formula is C21H23N4O5S-. The van der Waals surface area contributed by atoms with Crippen LogP contribution in [0.15, 0.2) is 24.9 Å². The van der Waals surface area contributed by atoms with Gasteiger partial charge in [-0.1, -0.05) is 19.4 Å². The van der Waals surface area contributed by atoms with Crippen molar-refractivity contribution in [2.45, 2.75) is 33.0 Å². The molecule has 2 aromatic rings. The Labute approximate surface area is 183 Å². The minimum atomic E-state index is -2.52. The Morgan fingerprint density at radius 3 is 2.55 bits per heavy atom. The summed E-state index contributed by atoms with van der Waals surface area (Å²) in [6.45, 7) is 7.00. The van der Waals surface area contributed by atoms with E-state index in [1.807, 2.05) is 13.1 Å². The van der Waals surface area contributed by atoms with E-state index in [0.717, 1.165) is 16.8 Å². The van der Waals surface area contributed by atoms with E-state index in [0.29, 0.717) is 43.1 Å². The van der Waals surface area contributed by atoms with E-state index in [9.17, 15) is 13.6 Å². The molecule has 0 saturated carbocycles. The van der Waals surface area contributed by atoms with Crippen molar-refractivity contribution in [1.82, 2.24) is 19.4 Å². The second-order valence-corrected chi connectivity index (χ2v) is 7.48. The monoisotopic (exact) mass is 443 g/mol. The fourth-order valence-corrected chi connectivity index (χ4v) is 3.67. The number of rotatable bonds is 7. The normalized spacial score (nSPS) is 13.1. The van der Waals surface area contributed by atoms with Gasteiger partial charge in [-0.15, -0.1) is 0 Å². The zero-order valence-electron chi connectivity index (χ0n) is 17.6. The van der Waals surface area contributed by atoms with Crippen molar-refractivity contribution >= 4 is 22.9 Å². The molecule has 1 aliphatic heterocycles. The molecular weight excluding hydrogens is 420 g/mol. The molecule has 1 aromatic carbocycles. The maximum absolute atomic E-state index is 12.1. The Morgan fingerprint density at radius 1 is 1.32 bits per heavy atom. The predicted molar refractivity (Wildman–Crippen MR) is 114 cm³/mol. The Kier molecular flexibility index (Phi) is 6.99. The van der Waals surface area contributed by atoms with Crippen molar-refractivity contribution < 1.29 is 23.0 Å². The fourth-order valence-electron chi connectivity index (χ4n) is 3.37. The standard InChI is InChI=1S/C21H24N4O5S/c1-5-6-7-20(26)24-11-16-12-25(22-17(16)13-24)10-15-8-18(29-3)21(19(9-15)30-4)14(2)23-31(27)28/h8-9,12,23H,2,5,10-11,13H2,1,3-4H3,(H,27,28)/p-1. The van der Waals surface area contributed by atoms with E-state index >= 15 is 0 Å². The number of methoxy groups -OCH3 is 2. The lowest BCUT2D eigenvalue weighted by Crippen LogP contribution is -2.24. The molecule has 0 radical (unpaired) electrons. The Balaban J connectivity index is 1.80.